The molecule has 1 spiro atoms. The average Bonchev–Trinajstić information content (AvgIpc) is 3.24. The molecule has 0 atom stereocenters. The normalized spacial score (nSPS) is 17.9. The lowest BCUT2D eigenvalue weighted by atomic mass is 9.60. The minimum absolute atomic E-state index is 0.148. The number of aryl methyl sites for hydroxylation is 1. The molecule has 168 valence electrons. The molecule has 3 aromatic heterocycles. The van der Waals surface area contributed by atoms with Crippen LogP contribution in [-0.2, 0) is 13.2 Å². The van der Waals surface area contributed by atoms with Crippen LogP contribution >= 0.6 is 0 Å². The van der Waals surface area contributed by atoms with Gasteiger partial charge in [-0.25, -0.2) is 14.3 Å². The van der Waals surface area contributed by atoms with E-state index in [2.05, 4.69) is 10.1 Å². The molecule has 32 heavy (non-hydrogen) atoms. The molecule has 1 saturated heterocycles. The number of pyridine rings is 1. The maximum Gasteiger partial charge on any atom is 0.416 e. The highest BCUT2D eigenvalue weighted by molar-refractivity contribution is 6.00. The average molecular weight is 448 g/mol. The Hall–Kier alpha value is -3.57. The molecule has 2 amide bonds. The van der Waals surface area contributed by atoms with E-state index in [4.69, 9.17) is 0 Å². The maximum atomic E-state index is 13.0. The summed E-state index contributed by atoms with van der Waals surface area (Å²) < 4.78 is 42.5. The maximum absolute atomic E-state index is 13.0. The lowest BCUT2D eigenvalue weighted by Crippen LogP contribution is -2.68. The molecule has 2 aliphatic rings. The number of carbonyl (C=O) groups is 2. The fourth-order valence-corrected chi connectivity index (χ4v) is 4.83. The van der Waals surface area contributed by atoms with Crippen LogP contribution in [0.4, 0.5) is 23.8 Å². The molecule has 0 bridgehead atoms. The Bertz CT molecular complexity index is 1220. The third-order valence-electron chi connectivity index (χ3n) is 6.33. The zero-order valence-corrected chi connectivity index (χ0v) is 17.0. The SMILES string of the molecule is Cn1ccn2ncc(C(=O)N3CC4(CC(N(C(=O)O)c5cc(C(F)(F)F)ccn5)C4)C3)c12. The first-order valence-electron chi connectivity index (χ1n) is 9.91. The van der Waals surface area contributed by atoms with E-state index in [0.29, 0.717) is 37.1 Å². The van der Waals surface area contributed by atoms with Crippen molar-refractivity contribution in [2.45, 2.75) is 25.1 Å². The quantitative estimate of drug-likeness (QED) is 0.665. The van der Waals surface area contributed by atoms with Gasteiger partial charge < -0.3 is 14.6 Å². The molecule has 5 rings (SSSR count). The number of rotatable bonds is 3. The third kappa shape index (κ3) is 3.09. The van der Waals surface area contributed by atoms with Gasteiger partial charge in [0.25, 0.3) is 5.91 Å². The molecule has 0 aromatic carbocycles. The summed E-state index contributed by atoms with van der Waals surface area (Å²) in [6.45, 7) is 0.932. The number of likely N-dealkylation sites (tertiary alicyclic amines) is 1. The molecule has 2 fully saturated rings. The van der Waals surface area contributed by atoms with Crippen molar-refractivity contribution < 1.29 is 27.9 Å². The monoisotopic (exact) mass is 448 g/mol. The highest BCUT2D eigenvalue weighted by Crippen LogP contribution is 2.51. The van der Waals surface area contributed by atoms with Crippen molar-refractivity contribution in [2.75, 3.05) is 18.0 Å². The smallest absolute Gasteiger partial charge is 0.416 e. The van der Waals surface area contributed by atoms with Crippen molar-refractivity contribution in [1.29, 1.82) is 0 Å². The van der Waals surface area contributed by atoms with Gasteiger partial charge in [0.2, 0.25) is 0 Å². The van der Waals surface area contributed by atoms with Gasteiger partial charge in [-0.05, 0) is 25.0 Å². The van der Waals surface area contributed by atoms with E-state index in [1.807, 2.05) is 11.6 Å². The first kappa shape index (κ1) is 20.3. The van der Waals surface area contributed by atoms with Crippen LogP contribution in [0.1, 0.15) is 28.8 Å². The molecule has 3 aromatic rings. The number of hydrogen-bond donors (Lipinski definition) is 1. The summed E-state index contributed by atoms with van der Waals surface area (Å²) in [5, 5.41) is 13.8. The van der Waals surface area contributed by atoms with Gasteiger partial charge in [0.1, 0.15) is 17.0 Å². The zero-order valence-electron chi connectivity index (χ0n) is 17.0. The summed E-state index contributed by atoms with van der Waals surface area (Å²) in [6, 6.07) is 1.07. The van der Waals surface area contributed by atoms with Crippen molar-refractivity contribution >= 4 is 23.5 Å². The predicted molar refractivity (Wildman–Crippen MR) is 105 cm³/mol. The van der Waals surface area contributed by atoms with Gasteiger partial charge in [0.15, 0.2) is 0 Å². The number of carboxylic acid groups (broad SMARTS) is 1. The Balaban J connectivity index is 1.27. The standard InChI is InChI=1S/C20H19F3N6O3/c1-26-4-5-28-16(26)14(9-25-28)17(30)27-10-19(11-27)7-13(8-19)29(18(31)32)15-6-12(2-3-24-15)20(21,22)23/h2-6,9,13H,7-8,10-11H2,1H3,(H,31,32). The second-order valence-electron chi connectivity index (χ2n) is 8.51. The van der Waals surface area contributed by atoms with Crippen molar-refractivity contribution in [3.63, 3.8) is 0 Å². The summed E-state index contributed by atoms with van der Waals surface area (Å²) >= 11 is 0. The number of nitrogens with zero attached hydrogens (tertiary/aromatic N) is 6. The van der Waals surface area contributed by atoms with Crippen LogP contribution in [0.3, 0.4) is 0 Å². The number of alkyl halides is 3. The Morgan fingerprint density at radius 2 is 1.97 bits per heavy atom. The van der Waals surface area contributed by atoms with E-state index < -0.39 is 23.9 Å². The van der Waals surface area contributed by atoms with E-state index in [-0.39, 0.29) is 17.1 Å². The fourth-order valence-electron chi connectivity index (χ4n) is 4.83. The minimum Gasteiger partial charge on any atom is -0.465 e. The van der Waals surface area contributed by atoms with Gasteiger partial charge in [-0.15, -0.1) is 0 Å². The Kier molecular flexibility index (Phi) is 4.27. The first-order chi connectivity index (χ1) is 15.1. The van der Waals surface area contributed by atoms with Crippen molar-refractivity contribution in [3.05, 3.63) is 48.0 Å². The van der Waals surface area contributed by atoms with Crippen LogP contribution < -0.4 is 4.90 Å². The van der Waals surface area contributed by atoms with Gasteiger partial charge in [-0.1, -0.05) is 0 Å². The number of imidazole rings is 1. The second kappa shape index (κ2) is 6.71. The van der Waals surface area contributed by atoms with E-state index in [0.717, 1.165) is 23.2 Å². The summed E-state index contributed by atoms with van der Waals surface area (Å²) in [7, 11) is 1.82. The number of amides is 2. The summed E-state index contributed by atoms with van der Waals surface area (Å²) in [5.74, 6) is -0.393. The van der Waals surface area contributed by atoms with E-state index in [1.165, 1.54) is 6.20 Å². The number of hydrogen-bond acceptors (Lipinski definition) is 4. The van der Waals surface area contributed by atoms with Crippen molar-refractivity contribution in [3.8, 4) is 0 Å². The number of carbonyl (C=O) groups excluding carboxylic acids is 1. The van der Waals surface area contributed by atoms with Gasteiger partial charge in [0, 0.05) is 50.2 Å². The number of aromatic nitrogens is 4. The second-order valence-corrected chi connectivity index (χ2v) is 8.51. The topological polar surface area (TPSA) is 96.0 Å². The van der Waals surface area contributed by atoms with Gasteiger partial charge in [0.05, 0.1) is 11.8 Å². The van der Waals surface area contributed by atoms with Gasteiger partial charge >= 0.3 is 12.3 Å². The molecule has 1 saturated carbocycles. The minimum atomic E-state index is -4.59. The van der Waals surface area contributed by atoms with Crippen LogP contribution in [0.15, 0.2) is 36.9 Å². The Morgan fingerprint density at radius 1 is 1.25 bits per heavy atom. The zero-order chi connectivity index (χ0) is 22.8. The molecule has 1 N–H and O–H groups in total. The molecule has 0 radical (unpaired) electrons. The number of anilines is 1. The fraction of sp³-hybridized carbons (Fsp3) is 0.400. The summed E-state index contributed by atoms with van der Waals surface area (Å²) in [4.78, 5) is 31.1. The molecule has 12 heteroatoms. The molecular weight excluding hydrogens is 429 g/mol. The van der Waals surface area contributed by atoms with Crippen LogP contribution in [-0.4, -0.2) is 60.3 Å². The van der Waals surface area contributed by atoms with E-state index in [1.54, 1.807) is 21.8 Å². The van der Waals surface area contributed by atoms with Gasteiger partial charge in [-0.3, -0.25) is 9.69 Å². The van der Waals surface area contributed by atoms with Crippen LogP contribution in [0.25, 0.3) is 5.65 Å². The van der Waals surface area contributed by atoms with Crippen molar-refractivity contribution in [2.24, 2.45) is 12.5 Å². The number of fused-ring (bicyclic) bond motifs is 1. The largest absolute Gasteiger partial charge is 0.465 e. The number of halogens is 3. The van der Waals surface area contributed by atoms with E-state index in [9.17, 15) is 27.9 Å². The van der Waals surface area contributed by atoms with Crippen LogP contribution in [0, 0.1) is 5.41 Å². The van der Waals surface area contributed by atoms with E-state index >= 15 is 0 Å². The summed E-state index contributed by atoms with van der Waals surface area (Å²) in [5.41, 5.74) is 0.00547. The van der Waals surface area contributed by atoms with Gasteiger partial charge in [-0.2, -0.15) is 18.3 Å². The Labute approximate surface area is 179 Å². The predicted octanol–water partition coefficient (Wildman–Crippen LogP) is 2.88. The van der Waals surface area contributed by atoms with Crippen LogP contribution in [0.5, 0.6) is 0 Å². The molecule has 4 heterocycles. The van der Waals surface area contributed by atoms with Crippen molar-refractivity contribution in [1.82, 2.24) is 24.1 Å². The third-order valence-corrected chi connectivity index (χ3v) is 6.33. The molecule has 9 nitrogen and oxygen atoms in total. The first-order valence-corrected chi connectivity index (χ1v) is 9.91. The highest BCUT2D eigenvalue weighted by Gasteiger charge is 2.56. The molecule has 1 aliphatic heterocycles. The highest BCUT2D eigenvalue weighted by atomic mass is 19.4. The molecule has 0 unspecified atom stereocenters. The lowest BCUT2D eigenvalue weighted by Gasteiger charge is -2.60. The summed E-state index contributed by atoms with van der Waals surface area (Å²) in [6.07, 6.45) is 1.01. The molecule has 1 aliphatic carbocycles. The molecular formula is C20H19F3N6O3. The Morgan fingerprint density at radius 3 is 2.62 bits per heavy atom. The van der Waals surface area contributed by atoms with Crippen LogP contribution in [0.2, 0.25) is 0 Å². The lowest BCUT2D eigenvalue weighted by molar-refractivity contribution is -0.137.